The highest BCUT2D eigenvalue weighted by Gasteiger charge is 2.34. The number of nitrogens with zero attached hydrogens (tertiary/aromatic N) is 2. The van der Waals surface area contributed by atoms with E-state index in [-0.39, 0.29) is 34.5 Å². The van der Waals surface area contributed by atoms with E-state index in [9.17, 15) is 9.59 Å². The Balaban J connectivity index is 1.53. The number of Topliss-reactive ketones (excluding diaryl/α,β-unsaturated/α-hetero) is 2. The second-order valence-corrected chi connectivity index (χ2v) is 6.75. The van der Waals surface area contributed by atoms with Crippen LogP contribution in [0, 0.1) is 13.8 Å². The molecule has 0 atom stereocenters. The molecule has 2 aromatic carbocycles. The number of benzene rings is 2. The molecule has 4 aromatic rings. The maximum Gasteiger partial charge on any atom is 0.288 e. The fraction of sp³-hybridized carbons (Fsp3) is 0.0909. The van der Waals surface area contributed by atoms with Crippen molar-refractivity contribution in [1.29, 1.82) is 0 Å². The minimum Gasteiger partial charge on any atom is -0.415 e. The number of rotatable bonds is 2. The average molecular weight is 370 g/mol. The van der Waals surface area contributed by atoms with Crippen LogP contribution in [0.4, 0.5) is 0 Å². The Hall–Kier alpha value is -3.80. The van der Waals surface area contributed by atoms with Gasteiger partial charge in [0.25, 0.3) is 11.4 Å². The molecule has 136 valence electrons. The van der Waals surface area contributed by atoms with Crippen LogP contribution in [-0.4, -0.2) is 21.5 Å². The lowest BCUT2D eigenvalue weighted by Crippen LogP contribution is -2.00. The molecule has 5 rings (SSSR count). The average Bonchev–Trinajstić information content (AvgIpc) is 3.31. The van der Waals surface area contributed by atoms with Crippen molar-refractivity contribution >= 4 is 29.1 Å². The number of carbonyl (C=O) groups excluding carboxylic acids is 2. The normalized spacial score (nSPS) is 13.4. The van der Waals surface area contributed by atoms with E-state index in [4.69, 9.17) is 8.83 Å². The van der Waals surface area contributed by atoms with E-state index in [0.29, 0.717) is 17.0 Å². The van der Waals surface area contributed by atoms with Crippen molar-refractivity contribution in [3.63, 3.8) is 0 Å². The summed E-state index contributed by atoms with van der Waals surface area (Å²) in [6.07, 6.45) is 1.36. The number of fused-ring (bicyclic) bond motifs is 2. The first-order chi connectivity index (χ1) is 13.5. The summed E-state index contributed by atoms with van der Waals surface area (Å²) in [6.45, 7) is 3.82. The molecule has 1 aliphatic carbocycles. The number of allylic oxidation sites excluding steroid dienone is 1. The van der Waals surface area contributed by atoms with Gasteiger partial charge >= 0.3 is 0 Å². The summed E-state index contributed by atoms with van der Waals surface area (Å²) in [4.78, 5) is 33.8. The lowest BCUT2D eigenvalue weighted by molar-refractivity contribution is 0.0990. The number of hydrogen-bond acceptors (Lipinski definition) is 6. The summed E-state index contributed by atoms with van der Waals surface area (Å²) in [6, 6.07) is 12.9. The highest BCUT2D eigenvalue weighted by Crippen LogP contribution is 2.31. The van der Waals surface area contributed by atoms with Gasteiger partial charge in [-0.15, -0.1) is 0 Å². The van der Waals surface area contributed by atoms with Gasteiger partial charge < -0.3 is 8.83 Å². The van der Waals surface area contributed by atoms with Gasteiger partial charge in [0.15, 0.2) is 11.6 Å². The maximum absolute atomic E-state index is 12.7. The highest BCUT2D eigenvalue weighted by molar-refractivity contribution is 6.41. The molecular formula is C22H14N2O4. The van der Waals surface area contributed by atoms with Crippen LogP contribution in [0.5, 0.6) is 0 Å². The monoisotopic (exact) mass is 370 g/mol. The van der Waals surface area contributed by atoms with Gasteiger partial charge in [0.1, 0.15) is 0 Å². The van der Waals surface area contributed by atoms with Crippen LogP contribution in [0.2, 0.25) is 0 Å². The minimum atomic E-state index is -0.323. The van der Waals surface area contributed by atoms with Crippen molar-refractivity contribution in [2.24, 2.45) is 0 Å². The number of ketones is 2. The number of hydrogen-bond donors (Lipinski definition) is 0. The van der Waals surface area contributed by atoms with E-state index in [2.05, 4.69) is 9.97 Å². The predicted octanol–water partition coefficient (Wildman–Crippen LogP) is 4.56. The zero-order valence-corrected chi connectivity index (χ0v) is 15.1. The Morgan fingerprint density at radius 1 is 0.821 bits per heavy atom. The topological polar surface area (TPSA) is 86.2 Å². The van der Waals surface area contributed by atoms with Crippen LogP contribution in [0.3, 0.4) is 0 Å². The molecular weight excluding hydrogens is 356 g/mol. The molecule has 2 aromatic heterocycles. The lowest BCUT2D eigenvalue weighted by Gasteiger charge is -2.01. The van der Waals surface area contributed by atoms with Crippen molar-refractivity contribution < 1.29 is 18.4 Å². The number of aryl methyl sites for hydroxylation is 2. The third-order valence-corrected chi connectivity index (χ3v) is 4.89. The van der Waals surface area contributed by atoms with Gasteiger partial charge in [-0.2, -0.15) is 9.97 Å². The van der Waals surface area contributed by atoms with E-state index in [1.54, 1.807) is 12.1 Å². The molecule has 0 saturated carbocycles. The quantitative estimate of drug-likeness (QED) is 0.380. The van der Waals surface area contributed by atoms with Gasteiger partial charge in [0.2, 0.25) is 11.8 Å². The van der Waals surface area contributed by atoms with Gasteiger partial charge in [-0.05, 0) is 49.2 Å². The van der Waals surface area contributed by atoms with Gasteiger partial charge in [0.05, 0.1) is 5.57 Å². The number of aromatic nitrogens is 2. The van der Waals surface area contributed by atoms with Crippen molar-refractivity contribution in [2.45, 2.75) is 13.8 Å². The molecule has 0 N–H and O–H groups in total. The Morgan fingerprint density at radius 3 is 2.04 bits per heavy atom. The standard InChI is InChI=1S/C22H14N2O4/c1-11-8-14-15(9-12(11)2)19(26)16(18(14)25)10-17-23-21-22(27-17)24-20(28-21)13-6-4-3-5-7-13/h3-10H,1-2H3. The predicted molar refractivity (Wildman–Crippen MR) is 102 cm³/mol. The highest BCUT2D eigenvalue weighted by atomic mass is 16.4. The van der Waals surface area contributed by atoms with E-state index >= 15 is 0 Å². The second-order valence-electron chi connectivity index (χ2n) is 6.75. The van der Waals surface area contributed by atoms with Crippen LogP contribution in [0.1, 0.15) is 37.7 Å². The van der Waals surface area contributed by atoms with Crippen molar-refractivity contribution in [3.05, 3.63) is 76.2 Å². The van der Waals surface area contributed by atoms with Gasteiger partial charge in [0, 0.05) is 22.8 Å². The third-order valence-electron chi connectivity index (χ3n) is 4.89. The van der Waals surface area contributed by atoms with Crippen LogP contribution >= 0.6 is 0 Å². The first-order valence-electron chi connectivity index (χ1n) is 8.76. The lowest BCUT2D eigenvalue weighted by atomic mass is 10.0. The fourth-order valence-corrected chi connectivity index (χ4v) is 3.26. The zero-order valence-electron chi connectivity index (χ0n) is 15.1. The molecule has 0 bridgehead atoms. The molecule has 1 aliphatic rings. The smallest absolute Gasteiger partial charge is 0.288 e. The molecule has 6 heteroatoms. The summed E-state index contributed by atoms with van der Waals surface area (Å²) in [5.74, 6) is -0.141. The molecule has 0 unspecified atom stereocenters. The van der Waals surface area contributed by atoms with Crippen LogP contribution in [-0.2, 0) is 0 Å². The van der Waals surface area contributed by atoms with Crippen molar-refractivity contribution in [1.82, 2.24) is 9.97 Å². The fourth-order valence-electron chi connectivity index (χ4n) is 3.26. The summed E-state index contributed by atoms with van der Waals surface area (Å²) in [5.41, 5.74) is 4.03. The van der Waals surface area contributed by atoms with E-state index in [1.165, 1.54) is 6.08 Å². The van der Waals surface area contributed by atoms with Gasteiger partial charge in [-0.1, -0.05) is 18.2 Å². The van der Waals surface area contributed by atoms with E-state index < -0.39 is 0 Å². The summed E-state index contributed by atoms with van der Waals surface area (Å²) >= 11 is 0. The zero-order chi connectivity index (χ0) is 19.4. The Labute approximate surface area is 159 Å². The minimum absolute atomic E-state index is 0.0344. The first-order valence-corrected chi connectivity index (χ1v) is 8.76. The molecule has 28 heavy (non-hydrogen) atoms. The molecule has 2 heterocycles. The SMILES string of the molecule is Cc1cc2c(cc1C)C(=O)C(=Cc1nc3oc(-c4ccccc4)nc3o1)C2=O. The van der Waals surface area contributed by atoms with Crippen LogP contribution < -0.4 is 0 Å². The molecule has 6 nitrogen and oxygen atoms in total. The molecule has 0 fully saturated rings. The van der Waals surface area contributed by atoms with Crippen LogP contribution in [0.15, 0.2) is 56.9 Å². The van der Waals surface area contributed by atoms with Gasteiger partial charge in [-0.3, -0.25) is 9.59 Å². The number of oxazole rings is 2. The Kier molecular flexibility index (Phi) is 3.42. The molecule has 0 saturated heterocycles. The molecule has 0 spiro atoms. The molecule has 0 amide bonds. The third kappa shape index (κ3) is 2.42. The van der Waals surface area contributed by atoms with E-state index in [0.717, 1.165) is 16.7 Å². The van der Waals surface area contributed by atoms with Crippen molar-refractivity contribution in [2.75, 3.05) is 0 Å². The summed E-state index contributed by atoms with van der Waals surface area (Å²) < 4.78 is 11.2. The van der Waals surface area contributed by atoms with Crippen molar-refractivity contribution in [3.8, 4) is 11.5 Å². The van der Waals surface area contributed by atoms with Gasteiger partial charge in [-0.25, -0.2) is 0 Å². The second kappa shape index (κ2) is 5.85. The summed E-state index contributed by atoms with van der Waals surface area (Å²) in [7, 11) is 0. The molecule has 0 aliphatic heterocycles. The molecule has 0 radical (unpaired) electrons. The first kappa shape index (κ1) is 16.4. The largest absolute Gasteiger partial charge is 0.415 e. The maximum atomic E-state index is 12.7. The Morgan fingerprint density at radius 2 is 1.43 bits per heavy atom. The Bertz CT molecular complexity index is 1230. The summed E-state index contributed by atoms with van der Waals surface area (Å²) in [5, 5.41) is 0. The van der Waals surface area contributed by atoms with Crippen LogP contribution in [0.25, 0.3) is 29.0 Å². The number of carbonyl (C=O) groups is 2. The van der Waals surface area contributed by atoms with E-state index in [1.807, 2.05) is 44.2 Å².